The fraction of sp³-hybridized carbons (Fsp3) is 0.692. The number of hydrogen-bond acceptors (Lipinski definition) is 12. The summed E-state index contributed by atoms with van der Waals surface area (Å²) in [7, 11) is -4.69. The predicted molar refractivity (Wildman–Crippen MR) is 209 cm³/mol. The third-order valence-electron chi connectivity index (χ3n) is 9.93. The van der Waals surface area contributed by atoms with Gasteiger partial charge in [-0.3, -0.25) is 9.05 Å². The van der Waals surface area contributed by atoms with Gasteiger partial charge in [0.1, 0.15) is 30.5 Å². The number of hydrogen-bond donors (Lipinski definition) is 4. The standard InChI is InChI=1S/C39H61N4O9PS/c1-2-3-4-5-6-7-8-9-10-11-12-13-14-15-16-17-23-48-26-32(49-25-31-21-24-54-29-31)27-50-53(46,47)51-28-35-37(44)38(45)39(30-40,52-35)36-19-18-34-33(41)20-22-42-43(34)36/h18-22,24,29,32,35,37-38,44-45H,2-17,23,25-28,41H2,1H3,(H,46,47)/t32-,35-,37-,38-,39+/m1/s1. The van der Waals surface area contributed by atoms with Crippen LogP contribution < -0.4 is 5.73 Å². The highest BCUT2D eigenvalue weighted by molar-refractivity contribution is 7.47. The second-order valence-electron chi connectivity index (χ2n) is 14.2. The van der Waals surface area contributed by atoms with Gasteiger partial charge in [0.25, 0.3) is 0 Å². The maximum Gasteiger partial charge on any atom is 0.472 e. The Kier molecular flexibility index (Phi) is 19.4. The number of phosphoric ester groups is 1. The van der Waals surface area contributed by atoms with Crippen LogP contribution in [-0.2, 0) is 40.0 Å². The number of aromatic nitrogens is 2. The first-order chi connectivity index (χ1) is 26.2. The maximum atomic E-state index is 12.9. The topological polar surface area (TPSA) is 191 Å². The maximum absolute atomic E-state index is 12.9. The van der Waals surface area contributed by atoms with Crippen LogP contribution in [0, 0.1) is 11.3 Å². The SMILES string of the molecule is CCCCCCCCCCCCCCCCCCOC[C@H](COP(=O)(O)OC[C@H]1O[C@@](C#N)(c2ccc3c(N)ccnn23)[C@H](O)[C@@H]1O)OCc1ccsc1. The van der Waals surface area contributed by atoms with Gasteiger partial charge in [0, 0.05) is 12.8 Å². The van der Waals surface area contributed by atoms with Crippen molar-refractivity contribution in [3.63, 3.8) is 0 Å². The second-order valence-corrected chi connectivity index (χ2v) is 16.5. The van der Waals surface area contributed by atoms with E-state index in [2.05, 4.69) is 12.0 Å². The molecule has 0 spiro atoms. The van der Waals surface area contributed by atoms with Crippen molar-refractivity contribution in [1.29, 1.82) is 5.26 Å². The van der Waals surface area contributed by atoms with Gasteiger partial charge in [-0.25, -0.2) is 9.08 Å². The molecule has 13 nitrogen and oxygen atoms in total. The van der Waals surface area contributed by atoms with Crippen molar-refractivity contribution in [3.8, 4) is 6.07 Å². The molecule has 0 saturated carbocycles. The molecular weight excluding hydrogens is 731 g/mol. The zero-order chi connectivity index (χ0) is 38.7. The number of nitrogens with two attached hydrogens (primary N) is 1. The van der Waals surface area contributed by atoms with Crippen LogP contribution in [0.25, 0.3) is 5.52 Å². The number of aliphatic hydroxyl groups excluding tert-OH is 2. The number of thiophene rings is 1. The van der Waals surface area contributed by atoms with Crippen LogP contribution in [0.1, 0.15) is 121 Å². The summed E-state index contributed by atoms with van der Waals surface area (Å²) in [5.74, 6) is 0. The molecule has 54 heavy (non-hydrogen) atoms. The van der Waals surface area contributed by atoms with E-state index < -0.39 is 44.4 Å². The molecule has 15 heteroatoms. The number of ether oxygens (including phenoxy) is 3. The highest BCUT2D eigenvalue weighted by atomic mass is 32.1. The van der Waals surface area contributed by atoms with E-state index in [-0.39, 0.29) is 25.5 Å². The first-order valence-electron chi connectivity index (χ1n) is 19.7. The molecule has 6 atom stereocenters. The van der Waals surface area contributed by atoms with Gasteiger partial charge in [0.05, 0.1) is 43.3 Å². The lowest BCUT2D eigenvalue weighted by Gasteiger charge is -2.24. The molecule has 0 amide bonds. The van der Waals surface area contributed by atoms with E-state index in [1.54, 1.807) is 23.5 Å². The molecule has 4 heterocycles. The minimum absolute atomic E-state index is 0.134. The number of nitrogen functional groups attached to an aromatic ring is 1. The quantitative estimate of drug-likeness (QED) is 0.0394. The van der Waals surface area contributed by atoms with Crippen molar-refractivity contribution in [2.45, 2.75) is 146 Å². The zero-order valence-corrected chi connectivity index (χ0v) is 33.5. The number of phosphoric acid groups is 1. The van der Waals surface area contributed by atoms with E-state index in [1.807, 2.05) is 22.9 Å². The van der Waals surface area contributed by atoms with Crippen molar-refractivity contribution in [2.24, 2.45) is 0 Å². The van der Waals surface area contributed by atoms with Crippen LogP contribution in [0.2, 0.25) is 0 Å². The van der Waals surface area contributed by atoms with E-state index in [4.69, 9.17) is 29.0 Å². The van der Waals surface area contributed by atoms with E-state index in [0.29, 0.717) is 17.8 Å². The molecule has 302 valence electrons. The van der Waals surface area contributed by atoms with Crippen LogP contribution in [0.3, 0.4) is 0 Å². The van der Waals surface area contributed by atoms with Crippen LogP contribution >= 0.6 is 19.2 Å². The van der Waals surface area contributed by atoms with Crippen molar-refractivity contribution in [1.82, 2.24) is 9.61 Å². The third-order valence-corrected chi connectivity index (χ3v) is 11.6. The number of fused-ring (bicyclic) bond motifs is 1. The number of aliphatic hydroxyl groups is 2. The fourth-order valence-electron chi connectivity index (χ4n) is 6.72. The van der Waals surface area contributed by atoms with Crippen LogP contribution in [0.15, 0.2) is 41.2 Å². The Hall–Kier alpha value is -2.41. The van der Waals surface area contributed by atoms with E-state index in [0.717, 1.165) is 18.4 Å². The lowest BCUT2D eigenvalue weighted by molar-refractivity contribution is -0.0690. The molecule has 0 bridgehead atoms. The van der Waals surface area contributed by atoms with Gasteiger partial charge in [-0.15, -0.1) is 0 Å². The van der Waals surface area contributed by atoms with Crippen molar-refractivity contribution >= 4 is 30.4 Å². The lowest BCUT2D eigenvalue weighted by atomic mass is 9.92. The summed E-state index contributed by atoms with van der Waals surface area (Å²) in [6.07, 6.45) is 16.8. The molecule has 0 radical (unpaired) electrons. The highest BCUT2D eigenvalue weighted by Crippen LogP contribution is 2.46. The highest BCUT2D eigenvalue weighted by Gasteiger charge is 2.58. The van der Waals surface area contributed by atoms with Crippen LogP contribution in [0.4, 0.5) is 5.69 Å². The Bertz CT molecular complexity index is 1570. The summed E-state index contributed by atoms with van der Waals surface area (Å²) in [5.41, 5.74) is 5.93. The van der Waals surface area contributed by atoms with Crippen molar-refractivity contribution in [3.05, 3.63) is 52.5 Å². The Morgan fingerprint density at radius 2 is 1.61 bits per heavy atom. The van der Waals surface area contributed by atoms with Crippen LogP contribution in [0.5, 0.6) is 0 Å². The molecule has 1 aliphatic rings. The molecule has 5 N–H and O–H groups in total. The number of unbranched alkanes of at least 4 members (excludes halogenated alkanes) is 15. The van der Waals surface area contributed by atoms with Gasteiger partial charge in [0.2, 0.25) is 5.60 Å². The molecule has 1 unspecified atom stereocenters. The van der Waals surface area contributed by atoms with Gasteiger partial charge in [0.15, 0.2) is 0 Å². The van der Waals surface area contributed by atoms with Gasteiger partial charge in [-0.05, 0) is 47.0 Å². The fourth-order valence-corrected chi connectivity index (χ4v) is 8.14. The van der Waals surface area contributed by atoms with E-state index >= 15 is 0 Å². The Morgan fingerprint density at radius 3 is 2.22 bits per heavy atom. The predicted octanol–water partition coefficient (Wildman–Crippen LogP) is 7.81. The van der Waals surface area contributed by atoms with E-state index in [1.165, 1.54) is 107 Å². The largest absolute Gasteiger partial charge is 0.472 e. The molecule has 3 aromatic heterocycles. The average molecular weight is 793 g/mol. The molecule has 1 aliphatic heterocycles. The van der Waals surface area contributed by atoms with Gasteiger partial charge < -0.3 is 35.1 Å². The van der Waals surface area contributed by atoms with Crippen molar-refractivity contribution < 1.29 is 42.9 Å². The van der Waals surface area contributed by atoms with Gasteiger partial charge in [-0.1, -0.05) is 103 Å². The molecular formula is C39H61N4O9PS. The number of nitrogens with zero attached hydrogens (tertiary/aromatic N) is 3. The average Bonchev–Trinajstić information content (AvgIpc) is 3.91. The summed E-state index contributed by atoms with van der Waals surface area (Å²) in [6.45, 7) is 2.31. The summed E-state index contributed by atoms with van der Waals surface area (Å²) >= 11 is 1.54. The molecule has 0 aromatic carbocycles. The van der Waals surface area contributed by atoms with Gasteiger partial charge >= 0.3 is 7.82 Å². The summed E-state index contributed by atoms with van der Waals surface area (Å²) in [5, 5.41) is 40.0. The van der Waals surface area contributed by atoms with Crippen LogP contribution in [-0.4, -0.2) is 75.6 Å². The molecule has 1 fully saturated rings. The molecule has 1 saturated heterocycles. The second kappa shape index (κ2) is 23.6. The first kappa shape index (κ1) is 44.3. The van der Waals surface area contributed by atoms with Gasteiger partial charge in [-0.2, -0.15) is 21.7 Å². The number of anilines is 1. The monoisotopic (exact) mass is 792 g/mol. The van der Waals surface area contributed by atoms with Crippen molar-refractivity contribution in [2.75, 3.05) is 32.2 Å². The molecule has 3 aromatic rings. The minimum atomic E-state index is -4.69. The molecule has 0 aliphatic carbocycles. The van der Waals surface area contributed by atoms with E-state index in [9.17, 15) is 24.9 Å². The molecule has 4 rings (SSSR count). The normalized spacial score (nSPS) is 21.7. The smallest absolute Gasteiger partial charge is 0.397 e. The minimum Gasteiger partial charge on any atom is -0.397 e. The summed E-state index contributed by atoms with van der Waals surface area (Å²) < 4.78 is 42.4. The first-order valence-corrected chi connectivity index (χ1v) is 22.1. The summed E-state index contributed by atoms with van der Waals surface area (Å²) in [4.78, 5) is 10.5. The zero-order valence-electron chi connectivity index (χ0n) is 31.8. The lowest BCUT2D eigenvalue weighted by Crippen LogP contribution is -2.41. The Morgan fingerprint density at radius 1 is 0.963 bits per heavy atom. The number of rotatable bonds is 29. The Balaban J connectivity index is 1.14. The third kappa shape index (κ3) is 13.7. The number of nitriles is 1. The summed E-state index contributed by atoms with van der Waals surface area (Å²) in [6, 6.07) is 8.58. The Labute approximate surface area is 324 Å².